The predicted octanol–water partition coefficient (Wildman–Crippen LogP) is 5.26. The molecule has 0 bridgehead atoms. The van der Waals surface area contributed by atoms with Crippen molar-refractivity contribution in [1.82, 2.24) is 10.2 Å². The highest BCUT2D eigenvalue weighted by Gasteiger charge is 2.30. The quantitative estimate of drug-likeness (QED) is 0.478. The number of hydrogen-bond acceptors (Lipinski definition) is 4. The third kappa shape index (κ3) is 5.62. The highest BCUT2D eigenvalue weighted by atomic mass is 32.1. The molecule has 3 aromatic rings. The Hall–Kier alpha value is -2.55. The summed E-state index contributed by atoms with van der Waals surface area (Å²) in [5.74, 6) is -0.490. The van der Waals surface area contributed by atoms with Gasteiger partial charge in [0.1, 0.15) is 11.6 Å². The van der Waals surface area contributed by atoms with Crippen LogP contribution in [0.2, 0.25) is 0 Å². The van der Waals surface area contributed by atoms with Crippen LogP contribution in [0.3, 0.4) is 0 Å². The molecule has 2 unspecified atom stereocenters. The van der Waals surface area contributed by atoms with E-state index in [4.69, 9.17) is 12.2 Å². The zero-order valence-electron chi connectivity index (χ0n) is 17.8. The molecule has 0 amide bonds. The van der Waals surface area contributed by atoms with Crippen molar-refractivity contribution in [2.45, 2.75) is 19.0 Å². The summed E-state index contributed by atoms with van der Waals surface area (Å²) in [5.41, 5.74) is 1.80. The summed E-state index contributed by atoms with van der Waals surface area (Å²) in [7, 11) is 0. The lowest BCUT2D eigenvalue weighted by Gasteiger charge is -2.42. The van der Waals surface area contributed by atoms with Crippen LogP contribution < -0.4 is 15.5 Å². The van der Waals surface area contributed by atoms with E-state index in [0.29, 0.717) is 5.11 Å². The van der Waals surface area contributed by atoms with Crippen molar-refractivity contribution in [2.24, 2.45) is 0 Å². The molecule has 4 rings (SSSR count). The van der Waals surface area contributed by atoms with Crippen molar-refractivity contribution in [2.75, 3.05) is 36.4 Å². The standard InChI is InChI=1S/C24H26F2N4S2/c1-17(27-24(31)28-20-8-4-18(25)5-9-20)23(22-3-2-16-32-22)30-14-12-29(13-15-30)21-10-6-19(26)7-11-21/h2-11,16-17,23H,12-15H2,1H3,(H2,27,28,31). The summed E-state index contributed by atoms with van der Waals surface area (Å²) in [6.07, 6.45) is 0. The number of rotatable bonds is 6. The minimum Gasteiger partial charge on any atom is -0.369 e. The van der Waals surface area contributed by atoms with Crippen LogP contribution >= 0.6 is 23.6 Å². The Labute approximate surface area is 196 Å². The average molecular weight is 473 g/mol. The average Bonchev–Trinajstić information content (AvgIpc) is 3.31. The van der Waals surface area contributed by atoms with Gasteiger partial charge in [0, 0.05) is 48.5 Å². The molecule has 1 fully saturated rings. The molecule has 1 aromatic heterocycles. The van der Waals surface area contributed by atoms with E-state index in [1.807, 2.05) is 12.1 Å². The third-order valence-corrected chi connectivity index (χ3v) is 6.83. The first-order chi connectivity index (χ1) is 15.5. The molecule has 0 spiro atoms. The fourth-order valence-electron chi connectivity index (χ4n) is 4.10. The molecular formula is C24H26F2N4S2. The molecule has 2 N–H and O–H groups in total. The van der Waals surface area contributed by atoms with Gasteiger partial charge in [-0.1, -0.05) is 6.07 Å². The molecule has 2 heterocycles. The van der Waals surface area contributed by atoms with Crippen LogP contribution in [0.15, 0.2) is 66.0 Å². The number of piperazine rings is 1. The molecule has 1 saturated heterocycles. The summed E-state index contributed by atoms with van der Waals surface area (Å²) in [5, 5.41) is 9.16. The fourth-order valence-corrected chi connectivity index (χ4v) is 5.37. The smallest absolute Gasteiger partial charge is 0.171 e. The van der Waals surface area contributed by atoms with Crippen LogP contribution in [0.4, 0.5) is 20.2 Å². The Morgan fingerprint density at radius 3 is 2.16 bits per heavy atom. The van der Waals surface area contributed by atoms with E-state index in [1.54, 1.807) is 23.5 Å². The first kappa shape index (κ1) is 22.6. The molecule has 1 aliphatic heterocycles. The predicted molar refractivity (Wildman–Crippen MR) is 132 cm³/mol. The number of hydrogen-bond donors (Lipinski definition) is 2. The van der Waals surface area contributed by atoms with Crippen LogP contribution in [0.5, 0.6) is 0 Å². The number of thiocarbonyl (C=S) groups is 1. The number of nitrogens with zero attached hydrogens (tertiary/aromatic N) is 2. The van der Waals surface area contributed by atoms with Gasteiger partial charge in [-0.05, 0) is 79.1 Å². The molecule has 2 atom stereocenters. The van der Waals surface area contributed by atoms with Gasteiger partial charge in [0.25, 0.3) is 0 Å². The van der Waals surface area contributed by atoms with E-state index < -0.39 is 0 Å². The first-order valence-corrected chi connectivity index (χ1v) is 11.9. The van der Waals surface area contributed by atoms with Crippen LogP contribution in [-0.2, 0) is 0 Å². The normalized spacial score (nSPS) is 16.4. The van der Waals surface area contributed by atoms with Gasteiger partial charge in [-0.25, -0.2) is 8.78 Å². The number of benzene rings is 2. The second-order valence-corrected chi connectivity index (χ2v) is 9.24. The molecule has 2 aromatic carbocycles. The summed E-state index contributed by atoms with van der Waals surface area (Å²) in [6.45, 7) is 5.67. The highest BCUT2D eigenvalue weighted by molar-refractivity contribution is 7.80. The van der Waals surface area contributed by atoms with E-state index >= 15 is 0 Å². The molecule has 32 heavy (non-hydrogen) atoms. The van der Waals surface area contributed by atoms with Gasteiger partial charge in [0.15, 0.2) is 5.11 Å². The summed E-state index contributed by atoms with van der Waals surface area (Å²) < 4.78 is 26.4. The lowest BCUT2D eigenvalue weighted by Crippen LogP contribution is -2.52. The number of anilines is 2. The van der Waals surface area contributed by atoms with Gasteiger partial charge in [0.05, 0.1) is 6.04 Å². The molecular weight excluding hydrogens is 446 g/mol. The zero-order valence-corrected chi connectivity index (χ0v) is 19.4. The van der Waals surface area contributed by atoms with Crippen molar-refractivity contribution < 1.29 is 8.78 Å². The van der Waals surface area contributed by atoms with Gasteiger partial charge in [0.2, 0.25) is 0 Å². The lowest BCUT2D eigenvalue weighted by molar-refractivity contribution is 0.163. The Balaban J connectivity index is 1.40. The lowest BCUT2D eigenvalue weighted by atomic mass is 10.0. The SMILES string of the molecule is CC(NC(=S)Nc1ccc(F)cc1)C(c1cccs1)N1CCN(c2ccc(F)cc2)CC1. The van der Waals surface area contributed by atoms with Crippen LogP contribution in [-0.4, -0.2) is 42.2 Å². The zero-order chi connectivity index (χ0) is 22.5. The molecule has 168 valence electrons. The molecule has 8 heteroatoms. The Morgan fingerprint density at radius 1 is 0.938 bits per heavy atom. The second kappa shape index (κ2) is 10.4. The number of thiophene rings is 1. The summed E-state index contributed by atoms with van der Waals surface area (Å²) in [4.78, 5) is 6.05. The molecule has 0 radical (unpaired) electrons. The van der Waals surface area contributed by atoms with Crippen LogP contribution in [0.25, 0.3) is 0 Å². The maximum atomic E-state index is 13.3. The number of nitrogens with one attached hydrogen (secondary N) is 2. The summed E-state index contributed by atoms with van der Waals surface area (Å²) >= 11 is 7.26. The highest BCUT2D eigenvalue weighted by Crippen LogP contribution is 2.30. The Bertz CT molecular complexity index is 1000. The Morgan fingerprint density at radius 2 is 1.56 bits per heavy atom. The third-order valence-electron chi connectivity index (χ3n) is 5.67. The largest absolute Gasteiger partial charge is 0.369 e. The summed E-state index contributed by atoms with van der Waals surface area (Å²) in [6, 6.07) is 17.3. The maximum absolute atomic E-state index is 13.3. The monoisotopic (exact) mass is 472 g/mol. The van der Waals surface area contributed by atoms with E-state index in [2.05, 4.69) is 44.9 Å². The van der Waals surface area contributed by atoms with Gasteiger partial charge in [-0.2, -0.15) is 0 Å². The maximum Gasteiger partial charge on any atom is 0.171 e. The number of halogens is 2. The Kier molecular flexibility index (Phi) is 7.34. The van der Waals surface area contributed by atoms with Gasteiger partial charge < -0.3 is 15.5 Å². The first-order valence-electron chi connectivity index (χ1n) is 10.6. The molecule has 0 aliphatic carbocycles. The van der Waals surface area contributed by atoms with E-state index in [9.17, 15) is 8.78 Å². The minimum atomic E-state index is -0.277. The van der Waals surface area contributed by atoms with Crippen LogP contribution in [0.1, 0.15) is 17.8 Å². The fraction of sp³-hybridized carbons (Fsp3) is 0.292. The van der Waals surface area contributed by atoms with Crippen molar-refractivity contribution in [3.63, 3.8) is 0 Å². The van der Waals surface area contributed by atoms with Crippen LogP contribution in [0, 0.1) is 11.6 Å². The van der Waals surface area contributed by atoms with E-state index in [1.165, 1.54) is 29.1 Å². The minimum absolute atomic E-state index is 0.0615. The van der Waals surface area contributed by atoms with Crippen molar-refractivity contribution >= 4 is 40.0 Å². The van der Waals surface area contributed by atoms with Crippen molar-refractivity contribution in [3.05, 3.63) is 82.6 Å². The molecule has 4 nitrogen and oxygen atoms in total. The van der Waals surface area contributed by atoms with E-state index in [0.717, 1.165) is 37.6 Å². The van der Waals surface area contributed by atoms with Gasteiger partial charge >= 0.3 is 0 Å². The molecule has 1 aliphatic rings. The van der Waals surface area contributed by atoms with Gasteiger partial charge in [-0.15, -0.1) is 11.3 Å². The van der Waals surface area contributed by atoms with Crippen molar-refractivity contribution in [1.29, 1.82) is 0 Å². The topological polar surface area (TPSA) is 30.5 Å². The molecule has 0 saturated carbocycles. The van der Waals surface area contributed by atoms with Crippen molar-refractivity contribution in [3.8, 4) is 0 Å². The second-order valence-electron chi connectivity index (χ2n) is 7.85. The van der Waals surface area contributed by atoms with E-state index in [-0.39, 0.29) is 23.7 Å². The van der Waals surface area contributed by atoms with Gasteiger partial charge in [-0.3, -0.25) is 4.90 Å².